The fourth-order valence-corrected chi connectivity index (χ4v) is 4.29. The lowest BCUT2D eigenvalue weighted by Crippen LogP contribution is -2.39. The number of benzene rings is 2. The minimum absolute atomic E-state index is 0.0924. The second-order valence-corrected chi connectivity index (χ2v) is 8.87. The van der Waals surface area contributed by atoms with Gasteiger partial charge >= 0.3 is 0 Å². The lowest BCUT2D eigenvalue weighted by molar-refractivity contribution is 0.00935. The van der Waals surface area contributed by atoms with Crippen molar-refractivity contribution in [2.24, 2.45) is 0 Å². The average molecular weight is 494 g/mol. The molecule has 0 radical (unpaired) electrons. The molecule has 1 N–H and O–H groups in total. The van der Waals surface area contributed by atoms with Gasteiger partial charge in [0.15, 0.2) is 0 Å². The fraction of sp³-hybridized carbons (Fsp3) is 0.393. The van der Waals surface area contributed by atoms with Crippen molar-refractivity contribution >= 4 is 0 Å². The van der Waals surface area contributed by atoms with Crippen LogP contribution in [-0.4, -0.2) is 64.9 Å². The van der Waals surface area contributed by atoms with Crippen molar-refractivity contribution in [3.05, 3.63) is 71.7 Å². The van der Waals surface area contributed by atoms with Gasteiger partial charge in [-0.25, -0.2) is 9.07 Å². The summed E-state index contributed by atoms with van der Waals surface area (Å²) < 4.78 is 32.8. The summed E-state index contributed by atoms with van der Waals surface area (Å²) >= 11 is 0. The molecule has 2 atom stereocenters. The topological polar surface area (TPSA) is 69.0 Å². The molecular weight excluding hydrogens is 461 g/mol. The summed E-state index contributed by atoms with van der Waals surface area (Å²) in [6, 6.07) is 15.6. The van der Waals surface area contributed by atoms with Crippen LogP contribution in [0.2, 0.25) is 0 Å². The third kappa shape index (κ3) is 6.93. The van der Waals surface area contributed by atoms with Crippen LogP contribution < -0.4 is 4.74 Å². The number of terminal acetylenes is 1. The summed E-state index contributed by atoms with van der Waals surface area (Å²) in [5.74, 6) is 3.13. The SMILES string of the molecule is C#CCOC[C@@H](O)CN(Cc1c(C)nn(-c2ccccc2)c1Oc1ccc(F)cc1)C[C@H]1CCCO1. The number of para-hydroxylation sites is 1. The minimum Gasteiger partial charge on any atom is -0.439 e. The number of rotatable bonds is 12. The van der Waals surface area contributed by atoms with Gasteiger partial charge in [0, 0.05) is 26.2 Å². The molecule has 2 aromatic carbocycles. The summed E-state index contributed by atoms with van der Waals surface area (Å²) in [6.07, 6.45) is 6.63. The van der Waals surface area contributed by atoms with E-state index in [0.29, 0.717) is 31.3 Å². The molecule has 2 heterocycles. The number of hydrogen-bond donors (Lipinski definition) is 1. The fourth-order valence-electron chi connectivity index (χ4n) is 4.29. The molecule has 36 heavy (non-hydrogen) atoms. The van der Waals surface area contributed by atoms with Crippen LogP contribution in [-0.2, 0) is 16.0 Å². The van der Waals surface area contributed by atoms with Gasteiger partial charge in [-0.2, -0.15) is 5.10 Å². The normalized spacial score (nSPS) is 16.2. The molecular formula is C28H32FN3O4. The van der Waals surface area contributed by atoms with E-state index in [1.54, 1.807) is 16.8 Å². The quantitative estimate of drug-likeness (QED) is 0.303. The Balaban J connectivity index is 1.63. The van der Waals surface area contributed by atoms with E-state index in [9.17, 15) is 9.50 Å². The standard InChI is InChI=1S/C28H32FN3O4/c1-3-15-34-20-24(33)17-31(18-26-10-7-16-35-26)19-27-21(2)30-32(23-8-5-4-6-9-23)28(27)36-25-13-11-22(29)12-14-25/h1,4-6,8-9,11-14,24,26,33H,7,10,15-20H2,2H3/t24-,26+/m0/s1. The number of aryl methyl sites for hydroxylation is 1. The van der Waals surface area contributed by atoms with E-state index in [2.05, 4.69) is 10.8 Å². The van der Waals surface area contributed by atoms with Gasteiger partial charge in [0.1, 0.15) is 18.2 Å². The molecule has 8 heteroatoms. The van der Waals surface area contributed by atoms with Gasteiger partial charge in [-0.1, -0.05) is 24.1 Å². The third-order valence-electron chi connectivity index (χ3n) is 6.00. The maximum Gasteiger partial charge on any atom is 0.227 e. The second kappa shape index (κ2) is 12.7. The first-order chi connectivity index (χ1) is 17.5. The smallest absolute Gasteiger partial charge is 0.227 e. The van der Waals surface area contributed by atoms with Crippen molar-refractivity contribution in [2.45, 2.75) is 38.5 Å². The van der Waals surface area contributed by atoms with Crippen molar-refractivity contribution < 1.29 is 23.7 Å². The van der Waals surface area contributed by atoms with Crippen LogP contribution in [0.15, 0.2) is 54.6 Å². The Morgan fingerprint density at radius 2 is 2.03 bits per heavy atom. The van der Waals surface area contributed by atoms with E-state index in [4.69, 9.17) is 25.7 Å². The van der Waals surface area contributed by atoms with Crippen LogP contribution in [0.25, 0.3) is 5.69 Å². The molecule has 0 amide bonds. The first-order valence-corrected chi connectivity index (χ1v) is 12.1. The Morgan fingerprint density at radius 3 is 2.72 bits per heavy atom. The third-order valence-corrected chi connectivity index (χ3v) is 6.00. The Kier molecular flexibility index (Phi) is 9.09. The van der Waals surface area contributed by atoms with Gasteiger partial charge in [0.25, 0.3) is 0 Å². The largest absolute Gasteiger partial charge is 0.439 e. The van der Waals surface area contributed by atoms with Crippen LogP contribution in [0.1, 0.15) is 24.1 Å². The van der Waals surface area contributed by atoms with Crippen molar-refractivity contribution in [1.29, 1.82) is 0 Å². The maximum absolute atomic E-state index is 13.5. The molecule has 1 saturated heterocycles. The summed E-state index contributed by atoms with van der Waals surface area (Å²) in [5, 5.41) is 15.4. The van der Waals surface area contributed by atoms with E-state index in [0.717, 1.165) is 36.4 Å². The van der Waals surface area contributed by atoms with E-state index in [1.165, 1.54) is 12.1 Å². The predicted molar refractivity (Wildman–Crippen MR) is 135 cm³/mol. The van der Waals surface area contributed by atoms with Gasteiger partial charge in [-0.15, -0.1) is 6.42 Å². The van der Waals surface area contributed by atoms with Crippen molar-refractivity contribution in [3.8, 4) is 29.7 Å². The predicted octanol–water partition coefficient (Wildman–Crippen LogP) is 4.10. The first kappa shape index (κ1) is 25.9. The zero-order valence-corrected chi connectivity index (χ0v) is 20.5. The summed E-state index contributed by atoms with van der Waals surface area (Å²) in [5.41, 5.74) is 2.52. The molecule has 1 fully saturated rings. The molecule has 0 aliphatic carbocycles. The van der Waals surface area contributed by atoms with Crippen LogP contribution in [0.3, 0.4) is 0 Å². The monoisotopic (exact) mass is 493 g/mol. The summed E-state index contributed by atoms with van der Waals surface area (Å²) in [4.78, 5) is 2.14. The Morgan fingerprint density at radius 1 is 1.25 bits per heavy atom. The summed E-state index contributed by atoms with van der Waals surface area (Å²) in [6.45, 7) is 4.48. The highest BCUT2D eigenvalue weighted by Gasteiger charge is 2.26. The van der Waals surface area contributed by atoms with Gasteiger partial charge in [0.05, 0.1) is 35.8 Å². The highest BCUT2D eigenvalue weighted by molar-refractivity contribution is 5.43. The van der Waals surface area contributed by atoms with Crippen LogP contribution >= 0.6 is 0 Å². The number of aliphatic hydroxyl groups is 1. The Bertz CT molecular complexity index is 1140. The maximum atomic E-state index is 13.5. The summed E-state index contributed by atoms with van der Waals surface area (Å²) in [7, 11) is 0. The number of hydrogen-bond acceptors (Lipinski definition) is 6. The minimum atomic E-state index is -0.717. The lowest BCUT2D eigenvalue weighted by Gasteiger charge is -2.27. The highest BCUT2D eigenvalue weighted by atomic mass is 19.1. The zero-order valence-electron chi connectivity index (χ0n) is 20.5. The van der Waals surface area contributed by atoms with E-state index in [1.807, 2.05) is 37.3 Å². The molecule has 0 unspecified atom stereocenters. The first-order valence-electron chi connectivity index (χ1n) is 12.1. The van der Waals surface area contributed by atoms with Gasteiger partial charge in [-0.05, 0) is 56.2 Å². The average Bonchev–Trinajstić information content (AvgIpc) is 3.49. The number of aliphatic hydroxyl groups excluding tert-OH is 1. The van der Waals surface area contributed by atoms with E-state index in [-0.39, 0.29) is 25.1 Å². The lowest BCUT2D eigenvalue weighted by atomic mass is 10.1. The highest BCUT2D eigenvalue weighted by Crippen LogP contribution is 2.32. The van der Waals surface area contributed by atoms with Gasteiger partial charge < -0.3 is 19.3 Å². The zero-order chi connectivity index (χ0) is 25.3. The molecule has 1 aliphatic heterocycles. The number of nitrogens with zero attached hydrogens (tertiary/aromatic N) is 3. The molecule has 1 aliphatic rings. The van der Waals surface area contributed by atoms with Crippen LogP contribution in [0.4, 0.5) is 4.39 Å². The number of ether oxygens (including phenoxy) is 3. The molecule has 190 valence electrons. The molecule has 0 spiro atoms. The van der Waals surface area contributed by atoms with Crippen LogP contribution in [0.5, 0.6) is 11.6 Å². The number of halogens is 1. The molecule has 0 bridgehead atoms. The van der Waals surface area contributed by atoms with Crippen LogP contribution in [0, 0.1) is 25.1 Å². The Hall–Kier alpha value is -3.22. The van der Waals surface area contributed by atoms with Gasteiger partial charge in [-0.3, -0.25) is 4.90 Å². The van der Waals surface area contributed by atoms with Crippen molar-refractivity contribution in [2.75, 3.05) is 32.9 Å². The van der Waals surface area contributed by atoms with Gasteiger partial charge in [0.2, 0.25) is 5.88 Å². The van der Waals surface area contributed by atoms with E-state index >= 15 is 0 Å². The number of aromatic nitrogens is 2. The Labute approximate surface area is 211 Å². The molecule has 4 rings (SSSR count). The molecule has 3 aromatic rings. The molecule has 0 saturated carbocycles. The molecule has 1 aromatic heterocycles. The second-order valence-electron chi connectivity index (χ2n) is 8.87. The van der Waals surface area contributed by atoms with Crippen molar-refractivity contribution in [1.82, 2.24) is 14.7 Å². The van der Waals surface area contributed by atoms with Crippen molar-refractivity contribution in [3.63, 3.8) is 0 Å². The molecule has 7 nitrogen and oxygen atoms in total. The van der Waals surface area contributed by atoms with E-state index < -0.39 is 6.10 Å².